The van der Waals surface area contributed by atoms with Crippen LogP contribution in [0.3, 0.4) is 0 Å². The number of methoxy groups -OCH3 is 1. The summed E-state index contributed by atoms with van der Waals surface area (Å²) >= 11 is 5.87. The minimum absolute atomic E-state index is 0.234. The van der Waals surface area contributed by atoms with E-state index in [0.29, 0.717) is 23.9 Å². The number of hydrogen-bond donors (Lipinski definition) is 1. The minimum Gasteiger partial charge on any atom is -0.491 e. The van der Waals surface area contributed by atoms with E-state index >= 15 is 0 Å². The second-order valence-electron chi connectivity index (χ2n) is 6.58. The van der Waals surface area contributed by atoms with Crippen molar-refractivity contribution in [3.05, 3.63) is 64.2 Å². The van der Waals surface area contributed by atoms with Gasteiger partial charge < -0.3 is 14.6 Å². The van der Waals surface area contributed by atoms with Gasteiger partial charge in [0.05, 0.1) is 6.61 Å². The predicted molar refractivity (Wildman–Crippen MR) is 106 cm³/mol. The summed E-state index contributed by atoms with van der Waals surface area (Å²) in [6.07, 6.45) is -0.590. The summed E-state index contributed by atoms with van der Waals surface area (Å²) in [5, 5.41) is 11.1. The Morgan fingerprint density at radius 1 is 1.12 bits per heavy atom. The molecular formula is C21H28ClNO3. The van der Waals surface area contributed by atoms with Gasteiger partial charge in [-0.15, -0.1) is 0 Å². The highest BCUT2D eigenvalue weighted by Crippen LogP contribution is 2.16. The van der Waals surface area contributed by atoms with Crippen LogP contribution in [0.5, 0.6) is 5.75 Å². The van der Waals surface area contributed by atoms with Crippen LogP contribution in [0.2, 0.25) is 5.02 Å². The first-order valence-electron chi connectivity index (χ1n) is 8.82. The van der Waals surface area contributed by atoms with Gasteiger partial charge in [-0.25, -0.2) is 0 Å². The van der Waals surface area contributed by atoms with Crippen molar-refractivity contribution in [3.8, 4) is 5.75 Å². The smallest absolute Gasteiger partial charge is 0.119 e. The van der Waals surface area contributed by atoms with Crippen LogP contribution in [0.4, 0.5) is 0 Å². The van der Waals surface area contributed by atoms with Crippen LogP contribution in [0.25, 0.3) is 0 Å². The van der Waals surface area contributed by atoms with Crippen LogP contribution in [-0.4, -0.2) is 49.5 Å². The van der Waals surface area contributed by atoms with Gasteiger partial charge in [0.2, 0.25) is 0 Å². The Bertz CT molecular complexity index is 675. The second-order valence-corrected chi connectivity index (χ2v) is 7.01. The van der Waals surface area contributed by atoms with E-state index in [1.807, 2.05) is 0 Å². The zero-order valence-corrected chi connectivity index (χ0v) is 16.5. The normalized spacial score (nSPS) is 12.4. The van der Waals surface area contributed by atoms with E-state index in [4.69, 9.17) is 21.1 Å². The standard InChI is InChI=1S/C21H28ClNO3/c1-16-4-5-17(2)18(12-16)13-23(10-11-25-3)14-20(24)15-26-21-8-6-19(22)7-9-21/h4-9,12,20,24H,10-11,13-15H2,1-3H3/t20-/m0/s1. The number of nitrogens with zero attached hydrogens (tertiary/aromatic N) is 1. The zero-order chi connectivity index (χ0) is 18.9. The molecule has 0 heterocycles. The largest absolute Gasteiger partial charge is 0.491 e. The Kier molecular flexibility index (Phi) is 8.39. The average Bonchev–Trinajstić information content (AvgIpc) is 2.62. The van der Waals surface area contributed by atoms with E-state index in [1.165, 1.54) is 16.7 Å². The summed E-state index contributed by atoms with van der Waals surface area (Å²) in [7, 11) is 1.69. The summed E-state index contributed by atoms with van der Waals surface area (Å²) in [5.41, 5.74) is 3.76. The fourth-order valence-corrected chi connectivity index (χ4v) is 2.87. The molecule has 142 valence electrons. The highest BCUT2D eigenvalue weighted by atomic mass is 35.5. The first kappa shape index (κ1) is 20.7. The van der Waals surface area contributed by atoms with Gasteiger partial charge in [0.1, 0.15) is 18.5 Å². The second kappa shape index (κ2) is 10.5. The molecule has 0 unspecified atom stereocenters. The van der Waals surface area contributed by atoms with E-state index in [9.17, 15) is 5.11 Å². The fourth-order valence-electron chi connectivity index (χ4n) is 2.74. The Hall–Kier alpha value is -1.59. The van der Waals surface area contributed by atoms with E-state index in [-0.39, 0.29) is 6.61 Å². The van der Waals surface area contributed by atoms with Crippen LogP contribution < -0.4 is 4.74 Å². The Balaban J connectivity index is 1.92. The van der Waals surface area contributed by atoms with Crippen LogP contribution in [0, 0.1) is 13.8 Å². The third kappa shape index (κ3) is 6.96. The number of benzene rings is 2. The molecule has 0 radical (unpaired) electrons. The first-order chi connectivity index (χ1) is 12.5. The number of hydrogen-bond acceptors (Lipinski definition) is 4. The maximum Gasteiger partial charge on any atom is 0.119 e. The summed E-state index contributed by atoms with van der Waals surface area (Å²) in [6.45, 7) is 7.11. The van der Waals surface area contributed by atoms with Gasteiger partial charge in [0, 0.05) is 31.8 Å². The van der Waals surface area contributed by atoms with Crippen molar-refractivity contribution in [2.75, 3.05) is 33.4 Å². The quantitative estimate of drug-likeness (QED) is 0.683. The number of aliphatic hydroxyl groups excluding tert-OH is 1. The van der Waals surface area contributed by atoms with Gasteiger partial charge in [-0.05, 0) is 49.2 Å². The topological polar surface area (TPSA) is 41.9 Å². The monoisotopic (exact) mass is 377 g/mol. The Labute approximate surface area is 161 Å². The van der Waals surface area contributed by atoms with Crippen molar-refractivity contribution in [2.45, 2.75) is 26.5 Å². The van der Waals surface area contributed by atoms with Crippen LogP contribution in [0.15, 0.2) is 42.5 Å². The van der Waals surface area contributed by atoms with E-state index < -0.39 is 6.10 Å². The molecule has 0 aromatic heterocycles. The highest BCUT2D eigenvalue weighted by molar-refractivity contribution is 6.30. The molecule has 0 spiro atoms. The molecular weight excluding hydrogens is 350 g/mol. The number of halogens is 1. The Morgan fingerprint density at radius 2 is 1.85 bits per heavy atom. The molecule has 0 amide bonds. The molecule has 4 nitrogen and oxygen atoms in total. The number of rotatable bonds is 10. The highest BCUT2D eigenvalue weighted by Gasteiger charge is 2.14. The lowest BCUT2D eigenvalue weighted by Gasteiger charge is -2.26. The summed E-state index contributed by atoms with van der Waals surface area (Å²) in [5.74, 6) is 0.700. The summed E-state index contributed by atoms with van der Waals surface area (Å²) in [4.78, 5) is 2.20. The van der Waals surface area contributed by atoms with Crippen molar-refractivity contribution in [3.63, 3.8) is 0 Å². The average molecular weight is 378 g/mol. The molecule has 5 heteroatoms. The van der Waals surface area contributed by atoms with E-state index in [2.05, 4.69) is 36.9 Å². The molecule has 2 rings (SSSR count). The maximum absolute atomic E-state index is 10.4. The third-order valence-electron chi connectivity index (χ3n) is 4.24. The maximum atomic E-state index is 10.4. The van der Waals surface area contributed by atoms with Crippen LogP contribution in [0.1, 0.15) is 16.7 Å². The Morgan fingerprint density at radius 3 is 2.54 bits per heavy atom. The molecule has 2 aromatic carbocycles. The number of ether oxygens (including phenoxy) is 2. The lowest BCUT2D eigenvalue weighted by molar-refractivity contribution is 0.0541. The molecule has 0 aliphatic carbocycles. The SMILES string of the molecule is COCCN(Cc1cc(C)ccc1C)C[C@H](O)COc1ccc(Cl)cc1. The lowest BCUT2D eigenvalue weighted by atomic mass is 10.1. The van der Waals surface area contributed by atoms with E-state index in [1.54, 1.807) is 31.4 Å². The van der Waals surface area contributed by atoms with E-state index in [0.717, 1.165) is 13.1 Å². The van der Waals surface area contributed by atoms with Gasteiger partial charge in [-0.3, -0.25) is 4.90 Å². The number of aliphatic hydroxyl groups is 1. The van der Waals surface area contributed by atoms with Crippen molar-refractivity contribution in [2.24, 2.45) is 0 Å². The molecule has 0 aliphatic heterocycles. The minimum atomic E-state index is -0.590. The molecule has 1 atom stereocenters. The third-order valence-corrected chi connectivity index (χ3v) is 4.49. The van der Waals surface area contributed by atoms with Crippen molar-refractivity contribution >= 4 is 11.6 Å². The van der Waals surface area contributed by atoms with Crippen molar-refractivity contribution < 1.29 is 14.6 Å². The van der Waals surface area contributed by atoms with Gasteiger partial charge in [-0.1, -0.05) is 35.4 Å². The van der Waals surface area contributed by atoms with Gasteiger partial charge in [0.15, 0.2) is 0 Å². The molecule has 0 saturated carbocycles. The molecule has 2 aromatic rings. The molecule has 0 bridgehead atoms. The molecule has 0 fully saturated rings. The predicted octanol–water partition coefficient (Wildman–Crippen LogP) is 3.85. The lowest BCUT2D eigenvalue weighted by Crippen LogP contribution is -2.37. The summed E-state index contributed by atoms with van der Waals surface area (Å²) in [6, 6.07) is 13.6. The fraction of sp³-hybridized carbons (Fsp3) is 0.429. The van der Waals surface area contributed by atoms with Crippen molar-refractivity contribution in [1.82, 2.24) is 4.90 Å². The first-order valence-corrected chi connectivity index (χ1v) is 9.19. The van der Waals surface area contributed by atoms with Crippen LogP contribution >= 0.6 is 11.6 Å². The molecule has 0 saturated heterocycles. The van der Waals surface area contributed by atoms with Gasteiger partial charge in [0.25, 0.3) is 0 Å². The van der Waals surface area contributed by atoms with Crippen molar-refractivity contribution in [1.29, 1.82) is 0 Å². The zero-order valence-electron chi connectivity index (χ0n) is 15.7. The van der Waals surface area contributed by atoms with Gasteiger partial charge >= 0.3 is 0 Å². The molecule has 0 aliphatic rings. The number of aryl methyl sites for hydroxylation is 2. The van der Waals surface area contributed by atoms with Gasteiger partial charge in [-0.2, -0.15) is 0 Å². The van der Waals surface area contributed by atoms with Crippen LogP contribution in [-0.2, 0) is 11.3 Å². The molecule has 26 heavy (non-hydrogen) atoms. The molecule has 1 N–H and O–H groups in total. The summed E-state index contributed by atoms with van der Waals surface area (Å²) < 4.78 is 10.9.